The first-order valence-electron chi connectivity index (χ1n) is 6.86. The minimum atomic E-state index is 0.142. The van der Waals surface area contributed by atoms with Crippen molar-refractivity contribution in [1.82, 2.24) is 0 Å². The number of halogens is 1. The molecule has 0 saturated heterocycles. The lowest BCUT2D eigenvalue weighted by Gasteiger charge is -2.11. The van der Waals surface area contributed by atoms with Crippen molar-refractivity contribution < 1.29 is 4.79 Å². The van der Waals surface area contributed by atoms with E-state index in [0.29, 0.717) is 6.42 Å². The lowest BCUT2D eigenvalue weighted by molar-refractivity contribution is 0.104. The smallest absolute Gasteiger partial charge is 0.189 e. The molecule has 2 aromatic rings. The highest BCUT2D eigenvalue weighted by molar-refractivity contribution is 9.10. The Morgan fingerprint density at radius 1 is 1.10 bits per heavy atom. The summed E-state index contributed by atoms with van der Waals surface area (Å²) in [7, 11) is 4.03. The number of nitrogens with zero attached hydrogens (tertiary/aromatic N) is 1. The Morgan fingerprint density at radius 3 is 2.43 bits per heavy atom. The number of fused-ring (bicyclic) bond motifs is 1. The molecule has 3 heteroatoms. The van der Waals surface area contributed by atoms with Crippen LogP contribution in [0.4, 0.5) is 5.69 Å². The maximum absolute atomic E-state index is 12.4. The predicted molar refractivity (Wildman–Crippen MR) is 90.9 cm³/mol. The second-order valence-electron chi connectivity index (χ2n) is 5.43. The largest absolute Gasteiger partial charge is 0.378 e. The molecule has 0 atom stereocenters. The van der Waals surface area contributed by atoms with Gasteiger partial charge in [0.1, 0.15) is 0 Å². The molecule has 2 nitrogen and oxygen atoms in total. The highest BCUT2D eigenvalue weighted by Crippen LogP contribution is 2.33. The van der Waals surface area contributed by atoms with E-state index >= 15 is 0 Å². The number of rotatable bonds is 2. The average molecular weight is 342 g/mol. The number of allylic oxidation sites excluding steroid dienone is 1. The highest BCUT2D eigenvalue weighted by atomic mass is 79.9. The van der Waals surface area contributed by atoms with Gasteiger partial charge in [0.2, 0.25) is 0 Å². The molecular weight excluding hydrogens is 326 g/mol. The van der Waals surface area contributed by atoms with Crippen LogP contribution in [-0.2, 0) is 6.42 Å². The Hall–Kier alpha value is -1.87. The number of hydrogen-bond acceptors (Lipinski definition) is 2. The Balaban J connectivity index is 1.92. The standard InChI is InChI=1S/C18H16BrNO/c1-20(2)14-8-6-12(7-9-14)10-13-11-16-15(18(13)21)4-3-5-17(16)19/h3-10H,11H2,1-2H3/b13-10+. The first-order valence-corrected chi connectivity index (χ1v) is 7.65. The number of carbonyl (C=O) groups is 1. The second-order valence-corrected chi connectivity index (χ2v) is 6.28. The van der Waals surface area contributed by atoms with E-state index < -0.39 is 0 Å². The van der Waals surface area contributed by atoms with Gasteiger partial charge >= 0.3 is 0 Å². The number of Topliss-reactive ketones (excluding diaryl/α,β-unsaturated/α-hetero) is 1. The maximum atomic E-state index is 12.4. The van der Waals surface area contributed by atoms with Crippen molar-refractivity contribution in [3.8, 4) is 0 Å². The van der Waals surface area contributed by atoms with Crippen molar-refractivity contribution in [1.29, 1.82) is 0 Å². The molecule has 0 amide bonds. The monoisotopic (exact) mass is 341 g/mol. The number of ketones is 1. The van der Waals surface area contributed by atoms with Crippen LogP contribution in [0.25, 0.3) is 6.08 Å². The first-order chi connectivity index (χ1) is 10.1. The highest BCUT2D eigenvalue weighted by Gasteiger charge is 2.26. The third-order valence-electron chi connectivity index (χ3n) is 3.77. The average Bonchev–Trinajstić information content (AvgIpc) is 2.78. The normalized spacial score (nSPS) is 15.4. The molecule has 0 radical (unpaired) electrons. The van der Waals surface area contributed by atoms with Crippen LogP contribution >= 0.6 is 15.9 Å². The summed E-state index contributed by atoms with van der Waals surface area (Å²) in [6.07, 6.45) is 2.69. The van der Waals surface area contributed by atoms with Gasteiger partial charge in [-0.15, -0.1) is 0 Å². The van der Waals surface area contributed by atoms with E-state index in [4.69, 9.17) is 0 Å². The SMILES string of the molecule is CN(C)c1ccc(/C=C2\Cc3c(Br)cccc3C2=O)cc1. The molecule has 0 aromatic heterocycles. The molecule has 0 bridgehead atoms. The van der Waals surface area contributed by atoms with Crippen LogP contribution in [-0.4, -0.2) is 19.9 Å². The summed E-state index contributed by atoms with van der Waals surface area (Å²) < 4.78 is 1.01. The summed E-state index contributed by atoms with van der Waals surface area (Å²) in [5.41, 5.74) is 4.99. The topological polar surface area (TPSA) is 20.3 Å². The van der Waals surface area contributed by atoms with Crippen LogP contribution in [0.5, 0.6) is 0 Å². The summed E-state index contributed by atoms with van der Waals surface area (Å²) in [6.45, 7) is 0. The van der Waals surface area contributed by atoms with Crippen molar-refractivity contribution in [2.45, 2.75) is 6.42 Å². The Morgan fingerprint density at radius 2 is 1.81 bits per heavy atom. The van der Waals surface area contributed by atoms with Gasteiger partial charge in [-0.3, -0.25) is 4.79 Å². The van der Waals surface area contributed by atoms with E-state index in [1.54, 1.807) is 0 Å². The number of anilines is 1. The molecule has 0 N–H and O–H groups in total. The van der Waals surface area contributed by atoms with Gasteiger partial charge in [0.15, 0.2) is 5.78 Å². The molecule has 1 aliphatic rings. The van der Waals surface area contributed by atoms with Gasteiger partial charge < -0.3 is 4.90 Å². The molecular formula is C18H16BrNO. The van der Waals surface area contributed by atoms with Crippen molar-refractivity contribution in [3.05, 3.63) is 69.2 Å². The summed E-state index contributed by atoms with van der Waals surface area (Å²) in [6, 6.07) is 14.0. The molecule has 21 heavy (non-hydrogen) atoms. The van der Waals surface area contributed by atoms with Crippen LogP contribution in [0, 0.1) is 0 Å². The molecule has 1 aliphatic carbocycles. The minimum absolute atomic E-state index is 0.142. The third kappa shape index (κ3) is 2.66. The molecule has 0 saturated carbocycles. The Labute approximate surface area is 133 Å². The van der Waals surface area contributed by atoms with Gasteiger partial charge in [-0.25, -0.2) is 0 Å². The lowest BCUT2D eigenvalue weighted by atomic mass is 10.1. The predicted octanol–water partition coefficient (Wildman–Crippen LogP) is 4.34. The fraction of sp³-hybridized carbons (Fsp3) is 0.167. The molecule has 106 valence electrons. The summed E-state index contributed by atoms with van der Waals surface area (Å²) in [5, 5.41) is 0. The summed E-state index contributed by atoms with van der Waals surface area (Å²) in [5.74, 6) is 0.142. The van der Waals surface area contributed by atoms with Gasteiger partial charge in [0.25, 0.3) is 0 Å². The van der Waals surface area contributed by atoms with E-state index in [-0.39, 0.29) is 5.78 Å². The van der Waals surface area contributed by atoms with Crippen LogP contribution in [0.3, 0.4) is 0 Å². The van der Waals surface area contributed by atoms with Crippen molar-refractivity contribution in [2.24, 2.45) is 0 Å². The van der Waals surface area contributed by atoms with Gasteiger partial charge in [-0.2, -0.15) is 0 Å². The first kappa shape index (κ1) is 14.1. The van der Waals surface area contributed by atoms with Crippen molar-refractivity contribution >= 4 is 33.5 Å². The fourth-order valence-electron chi connectivity index (χ4n) is 2.58. The van der Waals surface area contributed by atoms with Crippen molar-refractivity contribution in [2.75, 3.05) is 19.0 Å². The maximum Gasteiger partial charge on any atom is 0.189 e. The minimum Gasteiger partial charge on any atom is -0.378 e. The van der Waals surface area contributed by atoms with E-state index in [9.17, 15) is 4.79 Å². The van der Waals surface area contributed by atoms with E-state index in [2.05, 4.69) is 33.0 Å². The molecule has 0 aliphatic heterocycles. The van der Waals surface area contributed by atoms with Crippen LogP contribution < -0.4 is 4.90 Å². The van der Waals surface area contributed by atoms with Gasteiger partial charge in [0, 0.05) is 41.8 Å². The molecule has 2 aromatic carbocycles. The van der Waals surface area contributed by atoms with Gasteiger partial charge in [0.05, 0.1) is 0 Å². The number of hydrogen-bond donors (Lipinski definition) is 0. The van der Waals surface area contributed by atoms with Crippen LogP contribution in [0.2, 0.25) is 0 Å². The molecule has 0 heterocycles. The number of benzene rings is 2. The van der Waals surface area contributed by atoms with Gasteiger partial charge in [-0.1, -0.05) is 40.2 Å². The van der Waals surface area contributed by atoms with Gasteiger partial charge in [-0.05, 0) is 35.4 Å². The Bertz CT molecular complexity index is 729. The number of carbonyl (C=O) groups excluding carboxylic acids is 1. The second kappa shape index (κ2) is 5.49. The van der Waals surface area contributed by atoms with Crippen LogP contribution in [0.1, 0.15) is 21.5 Å². The lowest BCUT2D eigenvalue weighted by Crippen LogP contribution is -2.07. The van der Waals surface area contributed by atoms with E-state index in [1.165, 1.54) is 0 Å². The zero-order chi connectivity index (χ0) is 15.0. The fourth-order valence-corrected chi connectivity index (χ4v) is 3.09. The molecule has 0 spiro atoms. The quantitative estimate of drug-likeness (QED) is 0.757. The van der Waals surface area contributed by atoms with E-state index in [1.807, 2.05) is 50.5 Å². The zero-order valence-corrected chi connectivity index (χ0v) is 13.6. The molecule has 0 unspecified atom stereocenters. The van der Waals surface area contributed by atoms with Crippen LogP contribution in [0.15, 0.2) is 52.5 Å². The zero-order valence-electron chi connectivity index (χ0n) is 12.1. The Kier molecular flexibility index (Phi) is 3.68. The third-order valence-corrected chi connectivity index (χ3v) is 4.52. The molecule has 3 rings (SSSR count). The van der Waals surface area contributed by atoms with E-state index in [0.717, 1.165) is 32.4 Å². The summed E-state index contributed by atoms with van der Waals surface area (Å²) in [4.78, 5) is 14.5. The summed E-state index contributed by atoms with van der Waals surface area (Å²) >= 11 is 3.53. The molecule has 0 fully saturated rings. The van der Waals surface area contributed by atoms with Crippen molar-refractivity contribution in [3.63, 3.8) is 0 Å².